The van der Waals surface area contributed by atoms with Crippen LogP contribution >= 0.6 is 0 Å². The molecule has 1 heterocycles. The van der Waals surface area contributed by atoms with E-state index in [9.17, 15) is 4.79 Å². The third-order valence-electron chi connectivity index (χ3n) is 3.05. The van der Waals surface area contributed by atoms with Gasteiger partial charge in [0.1, 0.15) is 0 Å². The average Bonchev–Trinajstić information content (AvgIpc) is 2.53. The Morgan fingerprint density at radius 3 is 1.77 bits per heavy atom. The van der Waals surface area contributed by atoms with Gasteiger partial charge >= 0.3 is 0 Å². The van der Waals surface area contributed by atoms with Crippen molar-refractivity contribution in [2.45, 2.75) is 0 Å². The molecule has 0 bridgehead atoms. The lowest BCUT2D eigenvalue weighted by atomic mass is 10.4. The molecule has 1 rings (SSSR count). The largest absolute Gasteiger partial charge is 0.378 e. The quantitative estimate of drug-likeness (QED) is 0.647. The van der Waals surface area contributed by atoms with Crippen molar-refractivity contribution < 1.29 is 23.7 Å². The van der Waals surface area contributed by atoms with Gasteiger partial charge < -0.3 is 30.0 Å². The molecule has 0 aliphatic carbocycles. The fraction of sp³-hybridized carbons (Fsp3) is 0.929. The van der Waals surface area contributed by atoms with Gasteiger partial charge in [0.05, 0.1) is 59.4 Å². The molecule has 0 aromatic carbocycles. The summed E-state index contributed by atoms with van der Waals surface area (Å²) in [5.74, 6) is -0.0324. The first-order valence-corrected chi connectivity index (χ1v) is 7.83. The van der Waals surface area contributed by atoms with Gasteiger partial charge in [0.2, 0.25) is 5.91 Å². The Morgan fingerprint density at radius 1 is 0.864 bits per heavy atom. The number of nitrogens with two attached hydrogens (primary N) is 1. The summed E-state index contributed by atoms with van der Waals surface area (Å²) in [6, 6.07) is 0. The van der Waals surface area contributed by atoms with Crippen LogP contribution in [0.2, 0.25) is 0 Å². The van der Waals surface area contributed by atoms with E-state index in [1.54, 1.807) is 0 Å². The number of hydrogen-bond donors (Lipinski definition) is 2. The Labute approximate surface area is 132 Å². The third kappa shape index (κ3) is 10.9. The maximum atomic E-state index is 11.8. The number of nitrogens with zero attached hydrogens (tertiary/aromatic N) is 1. The van der Waals surface area contributed by atoms with Crippen molar-refractivity contribution in [3.8, 4) is 0 Å². The van der Waals surface area contributed by atoms with Crippen molar-refractivity contribution in [2.24, 2.45) is 5.73 Å². The van der Waals surface area contributed by atoms with Crippen LogP contribution in [0.25, 0.3) is 0 Å². The molecule has 0 saturated carbocycles. The lowest BCUT2D eigenvalue weighted by molar-refractivity contribution is -0.122. The molecule has 8 nitrogen and oxygen atoms in total. The summed E-state index contributed by atoms with van der Waals surface area (Å²) in [6.45, 7) is 7.06. The van der Waals surface area contributed by atoms with Gasteiger partial charge in [0.15, 0.2) is 0 Å². The van der Waals surface area contributed by atoms with Crippen LogP contribution in [-0.4, -0.2) is 96.4 Å². The normalized spacial score (nSPS) is 20.8. The van der Waals surface area contributed by atoms with Crippen LogP contribution in [0.1, 0.15) is 0 Å². The third-order valence-corrected chi connectivity index (χ3v) is 3.05. The summed E-state index contributed by atoms with van der Waals surface area (Å²) in [5.41, 5.74) is 5.37. The van der Waals surface area contributed by atoms with E-state index >= 15 is 0 Å². The second-order valence-electron chi connectivity index (χ2n) is 4.86. The van der Waals surface area contributed by atoms with E-state index in [2.05, 4.69) is 5.32 Å². The van der Waals surface area contributed by atoms with Gasteiger partial charge in [-0.25, -0.2) is 0 Å². The molecule has 22 heavy (non-hydrogen) atoms. The van der Waals surface area contributed by atoms with E-state index in [4.69, 9.17) is 24.7 Å². The summed E-state index contributed by atoms with van der Waals surface area (Å²) in [4.78, 5) is 13.8. The standard InChI is InChI=1S/C14H29N3O5/c15-1-2-16-14(18)13-17-3-5-19-7-9-21-11-12-22-10-8-20-6-4-17/h1-13,15H2,(H,16,18). The average molecular weight is 319 g/mol. The topological polar surface area (TPSA) is 95.3 Å². The first-order chi connectivity index (χ1) is 10.8. The number of rotatable bonds is 4. The Morgan fingerprint density at radius 2 is 1.32 bits per heavy atom. The summed E-state index contributed by atoms with van der Waals surface area (Å²) in [6.07, 6.45) is 0. The predicted molar refractivity (Wildman–Crippen MR) is 81.8 cm³/mol. The summed E-state index contributed by atoms with van der Waals surface area (Å²) < 4.78 is 21.7. The van der Waals surface area contributed by atoms with E-state index in [-0.39, 0.29) is 5.91 Å². The maximum Gasteiger partial charge on any atom is 0.234 e. The monoisotopic (exact) mass is 319 g/mol. The minimum Gasteiger partial charge on any atom is -0.378 e. The second kappa shape index (κ2) is 13.9. The fourth-order valence-corrected chi connectivity index (χ4v) is 1.89. The molecular formula is C14H29N3O5. The van der Waals surface area contributed by atoms with E-state index in [0.29, 0.717) is 85.6 Å². The van der Waals surface area contributed by atoms with Crippen LogP contribution in [0.4, 0.5) is 0 Å². The summed E-state index contributed by atoms with van der Waals surface area (Å²) in [7, 11) is 0. The van der Waals surface area contributed by atoms with Gasteiger partial charge in [-0.2, -0.15) is 0 Å². The number of ether oxygens (including phenoxy) is 4. The van der Waals surface area contributed by atoms with Crippen LogP contribution in [0, 0.1) is 0 Å². The number of amides is 1. The van der Waals surface area contributed by atoms with Crippen molar-refractivity contribution in [3.63, 3.8) is 0 Å². The molecular weight excluding hydrogens is 290 g/mol. The second-order valence-corrected chi connectivity index (χ2v) is 4.86. The van der Waals surface area contributed by atoms with Gasteiger partial charge in [-0.1, -0.05) is 0 Å². The van der Waals surface area contributed by atoms with Gasteiger partial charge in [0, 0.05) is 26.2 Å². The number of nitrogens with one attached hydrogen (secondary N) is 1. The molecule has 1 aliphatic heterocycles. The summed E-state index contributed by atoms with van der Waals surface area (Å²) >= 11 is 0. The van der Waals surface area contributed by atoms with Crippen molar-refractivity contribution in [1.29, 1.82) is 0 Å². The van der Waals surface area contributed by atoms with E-state index in [1.165, 1.54) is 0 Å². The molecule has 1 aliphatic rings. The first kappa shape index (κ1) is 19.3. The highest BCUT2D eigenvalue weighted by Crippen LogP contribution is 1.92. The van der Waals surface area contributed by atoms with Gasteiger partial charge in [-0.05, 0) is 0 Å². The lowest BCUT2D eigenvalue weighted by Crippen LogP contribution is -2.41. The van der Waals surface area contributed by atoms with Crippen LogP contribution < -0.4 is 11.1 Å². The van der Waals surface area contributed by atoms with Gasteiger partial charge in [-0.15, -0.1) is 0 Å². The minimum absolute atomic E-state index is 0.0324. The molecule has 1 saturated heterocycles. The van der Waals surface area contributed by atoms with E-state index in [1.807, 2.05) is 4.90 Å². The Hall–Kier alpha value is -0.770. The molecule has 1 fully saturated rings. The molecule has 8 heteroatoms. The van der Waals surface area contributed by atoms with Crippen molar-refractivity contribution in [3.05, 3.63) is 0 Å². The van der Waals surface area contributed by atoms with Gasteiger partial charge in [-0.3, -0.25) is 9.69 Å². The molecule has 0 atom stereocenters. The summed E-state index contributed by atoms with van der Waals surface area (Å²) in [5, 5.41) is 2.77. The molecule has 1 amide bonds. The zero-order valence-corrected chi connectivity index (χ0v) is 13.3. The molecule has 130 valence electrons. The fourth-order valence-electron chi connectivity index (χ4n) is 1.89. The van der Waals surface area contributed by atoms with Gasteiger partial charge in [0.25, 0.3) is 0 Å². The van der Waals surface area contributed by atoms with Crippen LogP contribution in [-0.2, 0) is 23.7 Å². The van der Waals surface area contributed by atoms with Crippen LogP contribution in [0.5, 0.6) is 0 Å². The highest BCUT2D eigenvalue weighted by Gasteiger charge is 2.10. The Bertz CT molecular complexity index is 265. The zero-order chi connectivity index (χ0) is 15.9. The lowest BCUT2D eigenvalue weighted by Gasteiger charge is -2.21. The van der Waals surface area contributed by atoms with Crippen molar-refractivity contribution >= 4 is 5.91 Å². The highest BCUT2D eigenvalue weighted by molar-refractivity contribution is 5.77. The van der Waals surface area contributed by atoms with Crippen molar-refractivity contribution in [2.75, 3.05) is 85.6 Å². The van der Waals surface area contributed by atoms with E-state index in [0.717, 1.165) is 0 Å². The smallest absolute Gasteiger partial charge is 0.234 e. The van der Waals surface area contributed by atoms with Crippen LogP contribution in [0.3, 0.4) is 0 Å². The highest BCUT2D eigenvalue weighted by atomic mass is 16.6. The molecule has 0 spiro atoms. The van der Waals surface area contributed by atoms with E-state index < -0.39 is 0 Å². The maximum absolute atomic E-state index is 11.8. The minimum atomic E-state index is -0.0324. The molecule has 0 aromatic heterocycles. The molecule has 0 radical (unpaired) electrons. The molecule has 3 N–H and O–H groups in total. The molecule has 0 unspecified atom stereocenters. The predicted octanol–water partition coefficient (Wildman–Crippen LogP) is -1.56. The Balaban J connectivity index is 2.30. The zero-order valence-electron chi connectivity index (χ0n) is 13.3. The molecule has 0 aromatic rings. The number of carbonyl (C=O) groups excluding carboxylic acids is 1. The SMILES string of the molecule is NCCNC(=O)CN1CCOCCOCCOCCOCC1. The van der Waals surface area contributed by atoms with Crippen LogP contribution in [0.15, 0.2) is 0 Å². The number of carbonyl (C=O) groups is 1. The first-order valence-electron chi connectivity index (χ1n) is 7.83. The van der Waals surface area contributed by atoms with Crippen molar-refractivity contribution in [1.82, 2.24) is 10.2 Å². The Kier molecular flexibility index (Phi) is 12.1. The number of hydrogen-bond acceptors (Lipinski definition) is 7.